The van der Waals surface area contributed by atoms with E-state index in [-0.39, 0.29) is 53.9 Å². The molecule has 0 bridgehead atoms. The summed E-state index contributed by atoms with van der Waals surface area (Å²) in [6.45, 7) is 13.5. The van der Waals surface area contributed by atoms with Crippen LogP contribution in [0.2, 0.25) is 0 Å². The maximum absolute atomic E-state index is 14.0. The second-order valence-corrected chi connectivity index (χ2v) is 15.4. The fraction of sp³-hybridized carbons (Fsp3) is 0.641. The molecule has 2 rings (SSSR count). The van der Waals surface area contributed by atoms with Crippen molar-refractivity contribution in [3.8, 4) is 0 Å². The van der Waals surface area contributed by atoms with Gasteiger partial charge in [0.1, 0.15) is 22.6 Å². The van der Waals surface area contributed by atoms with Gasteiger partial charge in [0.15, 0.2) is 6.10 Å². The lowest BCUT2D eigenvalue weighted by molar-refractivity contribution is -0.149. The quantitative estimate of drug-likeness (QED) is 0.105. The zero-order valence-corrected chi connectivity index (χ0v) is 33.8. The molecule has 0 spiro atoms. The Balaban J connectivity index is 2.27. The first kappa shape index (κ1) is 45.2. The van der Waals surface area contributed by atoms with E-state index in [1.54, 1.807) is 36.4 Å². The first-order valence-corrected chi connectivity index (χ1v) is 19.3. The fourth-order valence-corrected chi connectivity index (χ4v) is 7.03. The molecular weight excluding hydrogens is 702 g/mol. The van der Waals surface area contributed by atoms with Crippen LogP contribution >= 0.6 is 11.3 Å². The average molecular weight is 762 g/mol. The number of hydrogen-bond acceptors (Lipinski definition) is 10. The van der Waals surface area contributed by atoms with Crippen molar-refractivity contribution < 1.29 is 37.8 Å². The Bertz CT molecular complexity index is 1480. The van der Waals surface area contributed by atoms with Crippen LogP contribution in [0.4, 0.5) is 4.39 Å². The number of hydrogen-bond donors (Lipinski definition) is 3. The van der Waals surface area contributed by atoms with Crippen molar-refractivity contribution in [2.45, 2.75) is 111 Å². The van der Waals surface area contributed by atoms with Gasteiger partial charge < -0.3 is 30.3 Å². The highest BCUT2D eigenvalue weighted by atomic mass is 32.1. The van der Waals surface area contributed by atoms with Gasteiger partial charge in [-0.05, 0) is 68.8 Å². The van der Waals surface area contributed by atoms with Gasteiger partial charge in [0.25, 0.3) is 5.91 Å². The summed E-state index contributed by atoms with van der Waals surface area (Å²) in [5.41, 5.74) is 0.875. The second-order valence-electron chi connectivity index (χ2n) is 14.6. The third kappa shape index (κ3) is 14.8. The highest BCUT2D eigenvalue weighted by Gasteiger charge is 2.35. The number of thiazole rings is 1. The van der Waals surface area contributed by atoms with E-state index in [0.717, 1.165) is 42.7 Å². The summed E-state index contributed by atoms with van der Waals surface area (Å²) in [5.74, 6) is -3.24. The predicted molar refractivity (Wildman–Crippen MR) is 203 cm³/mol. The Morgan fingerprint density at radius 1 is 0.925 bits per heavy atom. The molecule has 1 aromatic carbocycles. The van der Waals surface area contributed by atoms with Gasteiger partial charge in [0.2, 0.25) is 11.8 Å². The molecule has 53 heavy (non-hydrogen) atoms. The summed E-state index contributed by atoms with van der Waals surface area (Å²) in [6, 6.07) is 4.26. The summed E-state index contributed by atoms with van der Waals surface area (Å²) in [7, 11) is 4.89. The molecule has 0 fully saturated rings. The molecule has 0 unspecified atom stereocenters. The number of amides is 3. The third-order valence-electron chi connectivity index (χ3n) is 9.37. The number of nitrogens with zero attached hydrogens (tertiary/aromatic N) is 2. The molecule has 14 heteroatoms. The number of carbonyl (C=O) groups is 5. The average Bonchev–Trinajstić information content (AvgIpc) is 3.61. The summed E-state index contributed by atoms with van der Waals surface area (Å²) >= 11 is 1.16. The summed E-state index contributed by atoms with van der Waals surface area (Å²) in [6.07, 6.45) is 2.53. The normalized spacial score (nSPS) is 14.8. The van der Waals surface area contributed by atoms with Crippen molar-refractivity contribution in [3.63, 3.8) is 0 Å². The monoisotopic (exact) mass is 761 g/mol. The Morgan fingerprint density at radius 2 is 1.58 bits per heavy atom. The Kier molecular flexibility index (Phi) is 19.1. The van der Waals surface area contributed by atoms with Crippen molar-refractivity contribution in [1.82, 2.24) is 25.8 Å². The number of halogens is 1. The van der Waals surface area contributed by atoms with Crippen molar-refractivity contribution in [1.29, 1.82) is 0 Å². The van der Waals surface area contributed by atoms with Crippen LogP contribution in [0.25, 0.3) is 0 Å². The molecule has 0 saturated heterocycles. The fourth-order valence-electron chi connectivity index (χ4n) is 6.19. The standard InChI is InChI=1S/C39H60FN5O7S/c1-23(2)32(45(9)38(49)34(24(3)4)44-35(47)25(5)13-11-12-18-41-8)21-33(52-27(7)46)37-43-31(22-53-37)36(48)42-30(19-26(6)39(50)51-10)20-28-14-16-29(40)17-15-28/h14-17,22-26,30,32-34,41H,11-13,18-21H2,1-10H3,(H,42,48)(H,44,47)/t25-,26+,30-,32-,33-,34+/m1/s1. The maximum atomic E-state index is 14.0. The molecule has 12 nitrogen and oxygen atoms in total. The SMILES string of the molecule is CNCCCC[C@@H](C)C(=O)N[C@H](C(=O)N(C)[C@H](C[C@@H](OC(C)=O)c1nc(C(=O)N[C@@H](Cc2ccc(F)cc2)C[C@H](C)C(=O)OC)cs1)C(C)C)C(C)C. The van der Waals surface area contributed by atoms with Crippen LogP contribution in [0, 0.1) is 29.5 Å². The number of esters is 2. The summed E-state index contributed by atoms with van der Waals surface area (Å²) in [5, 5.41) is 11.0. The lowest BCUT2D eigenvalue weighted by Gasteiger charge is -2.36. The predicted octanol–water partition coefficient (Wildman–Crippen LogP) is 5.47. The van der Waals surface area contributed by atoms with E-state index < -0.39 is 48.0 Å². The molecule has 2 aromatic rings. The summed E-state index contributed by atoms with van der Waals surface area (Å²) < 4.78 is 24.2. The number of unbranched alkanes of at least 4 members (excludes halogenated alkanes) is 1. The van der Waals surface area contributed by atoms with E-state index in [4.69, 9.17) is 9.47 Å². The topological polar surface area (TPSA) is 156 Å². The van der Waals surface area contributed by atoms with Crippen LogP contribution in [0.3, 0.4) is 0 Å². The number of ether oxygens (including phenoxy) is 2. The lowest BCUT2D eigenvalue weighted by atomic mass is 9.94. The minimum absolute atomic E-state index is 0.0663. The van der Waals surface area contributed by atoms with E-state index >= 15 is 0 Å². The first-order chi connectivity index (χ1) is 25.0. The minimum atomic E-state index is -0.860. The Labute approximate surface area is 318 Å². The number of nitrogens with one attached hydrogen (secondary N) is 3. The molecule has 0 aliphatic carbocycles. The van der Waals surface area contributed by atoms with Crippen LogP contribution in [-0.4, -0.2) is 85.4 Å². The van der Waals surface area contributed by atoms with Crippen molar-refractivity contribution >= 4 is 41.0 Å². The number of aromatic nitrogens is 1. The van der Waals surface area contributed by atoms with Crippen LogP contribution in [0.1, 0.15) is 108 Å². The third-order valence-corrected chi connectivity index (χ3v) is 10.3. The van der Waals surface area contributed by atoms with Gasteiger partial charge in [-0.1, -0.05) is 60.1 Å². The van der Waals surface area contributed by atoms with Gasteiger partial charge in [-0.25, -0.2) is 9.37 Å². The van der Waals surface area contributed by atoms with Gasteiger partial charge in [0, 0.05) is 43.8 Å². The number of methoxy groups -OCH3 is 1. The Hall–Kier alpha value is -3.91. The van der Waals surface area contributed by atoms with Gasteiger partial charge in [0.05, 0.1) is 13.0 Å². The highest BCUT2D eigenvalue weighted by Crippen LogP contribution is 2.31. The minimum Gasteiger partial charge on any atom is -0.469 e. The molecular formula is C39H60FN5O7S. The van der Waals surface area contributed by atoms with Crippen LogP contribution in [0.5, 0.6) is 0 Å². The molecule has 0 radical (unpaired) electrons. The molecule has 0 aliphatic heterocycles. The molecule has 3 N–H and O–H groups in total. The molecule has 6 atom stereocenters. The highest BCUT2D eigenvalue weighted by molar-refractivity contribution is 7.09. The molecule has 3 amide bonds. The molecule has 296 valence electrons. The van der Waals surface area contributed by atoms with E-state index in [2.05, 4.69) is 20.9 Å². The number of rotatable bonds is 22. The second kappa shape index (κ2) is 22.3. The zero-order valence-electron chi connectivity index (χ0n) is 33.0. The number of carbonyl (C=O) groups excluding carboxylic acids is 5. The zero-order chi connectivity index (χ0) is 39.8. The molecule has 1 heterocycles. The molecule has 0 aliphatic rings. The molecule has 1 aromatic heterocycles. The lowest BCUT2D eigenvalue weighted by Crippen LogP contribution is -2.54. The summed E-state index contributed by atoms with van der Waals surface area (Å²) in [4.78, 5) is 71.4. The van der Waals surface area contributed by atoms with E-state index in [1.165, 1.54) is 26.2 Å². The number of likely N-dealkylation sites (N-methyl/N-ethyl adjacent to an activating group) is 1. The van der Waals surface area contributed by atoms with Crippen molar-refractivity contribution in [2.75, 3.05) is 27.7 Å². The largest absolute Gasteiger partial charge is 0.469 e. The van der Waals surface area contributed by atoms with Gasteiger partial charge in [-0.15, -0.1) is 11.3 Å². The van der Waals surface area contributed by atoms with Crippen molar-refractivity contribution in [2.24, 2.45) is 23.7 Å². The van der Waals surface area contributed by atoms with E-state index in [0.29, 0.717) is 11.4 Å². The van der Waals surface area contributed by atoms with E-state index in [1.807, 2.05) is 41.7 Å². The van der Waals surface area contributed by atoms with E-state index in [9.17, 15) is 28.4 Å². The maximum Gasteiger partial charge on any atom is 0.308 e. The van der Waals surface area contributed by atoms with Crippen molar-refractivity contribution in [3.05, 3.63) is 51.7 Å². The molecule has 0 saturated carbocycles. The van der Waals surface area contributed by atoms with Crippen LogP contribution < -0.4 is 16.0 Å². The first-order valence-electron chi connectivity index (χ1n) is 18.5. The van der Waals surface area contributed by atoms with Crippen LogP contribution in [0.15, 0.2) is 29.6 Å². The van der Waals surface area contributed by atoms with Gasteiger partial charge in [-0.2, -0.15) is 0 Å². The number of benzene rings is 1. The van der Waals surface area contributed by atoms with Gasteiger partial charge >= 0.3 is 11.9 Å². The van der Waals surface area contributed by atoms with Crippen LogP contribution in [-0.2, 0) is 35.1 Å². The smallest absolute Gasteiger partial charge is 0.308 e. The van der Waals surface area contributed by atoms with Gasteiger partial charge in [-0.3, -0.25) is 24.0 Å². The Morgan fingerprint density at radius 3 is 2.15 bits per heavy atom.